The molecule has 2 N–H and O–H groups in total. The molecule has 0 aliphatic rings. The largest absolute Gasteiger partial charge is 0.508 e. The van der Waals surface area contributed by atoms with Gasteiger partial charge in [0, 0.05) is 12.0 Å². The third kappa shape index (κ3) is 2.79. The summed E-state index contributed by atoms with van der Waals surface area (Å²) in [5, 5.41) is 18.2. The van der Waals surface area contributed by atoms with Crippen LogP contribution in [-0.4, -0.2) is 10.2 Å². The van der Waals surface area contributed by atoms with Crippen molar-refractivity contribution in [2.24, 2.45) is 0 Å². The summed E-state index contributed by atoms with van der Waals surface area (Å²) in [6.45, 7) is 1.69. The Kier molecular flexibility index (Phi) is 4.03. The number of hydrogen-bond acceptors (Lipinski definition) is 2. The average molecular weight is 190 g/mol. The third-order valence-corrected chi connectivity index (χ3v) is 2.03. The Morgan fingerprint density at radius 1 is 1.36 bits per heavy atom. The molecule has 1 aromatic carbocycles. The predicted octanol–water partition coefficient (Wildman–Crippen LogP) is 1.84. The minimum atomic E-state index is -0.126. The molecule has 0 aliphatic carbocycles. The minimum Gasteiger partial charge on any atom is -0.508 e. The summed E-state index contributed by atoms with van der Waals surface area (Å²) in [5.74, 6) is 5.95. The monoisotopic (exact) mass is 190 g/mol. The molecule has 74 valence electrons. The fourth-order valence-corrected chi connectivity index (χ4v) is 1.25. The average Bonchev–Trinajstić information content (AvgIpc) is 2.21. The fourth-order valence-electron chi connectivity index (χ4n) is 1.25. The van der Waals surface area contributed by atoms with Crippen LogP contribution >= 0.6 is 0 Å². The SMILES string of the molecule is CC#CCCc1ccc(O)c(CO)c1. The fraction of sp³-hybridized carbons (Fsp3) is 0.333. The van der Waals surface area contributed by atoms with Crippen molar-refractivity contribution in [3.05, 3.63) is 29.3 Å². The lowest BCUT2D eigenvalue weighted by molar-refractivity contribution is 0.275. The van der Waals surface area contributed by atoms with Crippen LogP contribution < -0.4 is 0 Å². The number of aryl methyl sites for hydroxylation is 1. The van der Waals surface area contributed by atoms with Gasteiger partial charge in [-0.1, -0.05) is 6.07 Å². The van der Waals surface area contributed by atoms with Gasteiger partial charge in [-0.2, -0.15) is 0 Å². The van der Waals surface area contributed by atoms with E-state index in [1.807, 2.05) is 19.1 Å². The van der Waals surface area contributed by atoms with Gasteiger partial charge in [0.05, 0.1) is 6.61 Å². The molecule has 0 unspecified atom stereocenters. The number of benzene rings is 1. The van der Waals surface area contributed by atoms with Gasteiger partial charge in [-0.25, -0.2) is 0 Å². The van der Waals surface area contributed by atoms with E-state index in [0.717, 1.165) is 18.4 Å². The standard InChI is InChI=1S/C12H14O2/c1-2-3-4-5-10-6-7-12(14)11(8-10)9-13/h6-8,13-14H,4-5,9H2,1H3. The highest BCUT2D eigenvalue weighted by Gasteiger charge is 2.00. The first-order chi connectivity index (χ1) is 6.77. The lowest BCUT2D eigenvalue weighted by Gasteiger charge is -2.03. The highest BCUT2D eigenvalue weighted by atomic mass is 16.3. The Bertz CT molecular complexity index is 358. The van der Waals surface area contributed by atoms with E-state index in [4.69, 9.17) is 5.11 Å². The van der Waals surface area contributed by atoms with Crippen molar-refractivity contribution in [2.75, 3.05) is 0 Å². The summed E-state index contributed by atoms with van der Waals surface area (Å²) in [7, 11) is 0. The van der Waals surface area contributed by atoms with Crippen molar-refractivity contribution in [2.45, 2.75) is 26.4 Å². The number of aliphatic hydroxyl groups excluding tert-OH is 1. The molecule has 2 heteroatoms. The van der Waals surface area contributed by atoms with Crippen LogP contribution in [0.3, 0.4) is 0 Å². The zero-order chi connectivity index (χ0) is 10.4. The van der Waals surface area contributed by atoms with Gasteiger partial charge < -0.3 is 10.2 Å². The summed E-state index contributed by atoms with van der Waals surface area (Å²) in [5.41, 5.74) is 1.67. The van der Waals surface area contributed by atoms with Crippen molar-refractivity contribution >= 4 is 0 Å². The van der Waals surface area contributed by atoms with E-state index < -0.39 is 0 Å². The molecule has 0 saturated carbocycles. The van der Waals surface area contributed by atoms with Gasteiger partial charge in [-0.3, -0.25) is 0 Å². The Labute approximate surface area is 84.2 Å². The third-order valence-electron chi connectivity index (χ3n) is 2.03. The highest BCUT2D eigenvalue weighted by Crippen LogP contribution is 2.18. The molecule has 0 spiro atoms. The molecule has 0 radical (unpaired) electrons. The summed E-state index contributed by atoms with van der Waals surface area (Å²) in [6, 6.07) is 5.28. The number of aliphatic hydroxyl groups is 1. The molecule has 0 atom stereocenters. The van der Waals surface area contributed by atoms with Crippen molar-refractivity contribution in [3.8, 4) is 17.6 Å². The second kappa shape index (κ2) is 5.31. The number of aromatic hydroxyl groups is 1. The van der Waals surface area contributed by atoms with Crippen molar-refractivity contribution in [1.82, 2.24) is 0 Å². The molecule has 14 heavy (non-hydrogen) atoms. The van der Waals surface area contributed by atoms with Crippen LogP contribution in [0.1, 0.15) is 24.5 Å². The molecule has 0 saturated heterocycles. The molecule has 0 bridgehead atoms. The molecular formula is C12H14O2. The van der Waals surface area contributed by atoms with Gasteiger partial charge in [-0.15, -0.1) is 11.8 Å². The summed E-state index contributed by atoms with van der Waals surface area (Å²) in [4.78, 5) is 0. The van der Waals surface area contributed by atoms with E-state index >= 15 is 0 Å². The van der Waals surface area contributed by atoms with E-state index in [9.17, 15) is 5.11 Å². The molecule has 0 aliphatic heterocycles. The molecule has 0 heterocycles. The van der Waals surface area contributed by atoms with E-state index in [2.05, 4.69) is 11.8 Å². The quantitative estimate of drug-likeness (QED) is 0.714. The first-order valence-corrected chi connectivity index (χ1v) is 4.59. The molecule has 0 aromatic heterocycles. The zero-order valence-electron chi connectivity index (χ0n) is 8.25. The van der Waals surface area contributed by atoms with Gasteiger partial charge in [-0.05, 0) is 31.0 Å². The van der Waals surface area contributed by atoms with Gasteiger partial charge in [0.1, 0.15) is 5.75 Å². The Morgan fingerprint density at radius 3 is 2.79 bits per heavy atom. The van der Waals surface area contributed by atoms with Crippen molar-refractivity contribution in [3.63, 3.8) is 0 Å². The molecule has 0 amide bonds. The predicted molar refractivity (Wildman–Crippen MR) is 55.8 cm³/mol. The maximum absolute atomic E-state index is 9.32. The molecule has 0 fully saturated rings. The van der Waals surface area contributed by atoms with Crippen molar-refractivity contribution in [1.29, 1.82) is 0 Å². The van der Waals surface area contributed by atoms with E-state index in [1.165, 1.54) is 0 Å². The molecule has 1 rings (SSSR count). The molecular weight excluding hydrogens is 176 g/mol. The summed E-state index contributed by atoms with van der Waals surface area (Å²) >= 11 is 0. The maximum Gasteiger partial charge on any atom is 0.121 e. The second-order valence-corrected chi connectivity index (χ2v) is 3.05. The van der Waals surface area contributed by atoms with E-state index in [-0.39, 0.29) is 12.4 Å². The number of phenols is 1. The first kappa shape index (κ1) is 10.6. The normalized spacial score (nSPS) is 9.29. The van der Waals surface area contributed by atoms with Crippen molar-refractivity contribution < 1.29 is 10.2 Å². The van der Waals surface area contributed by atoms with Gasteiger partial charge >= 0.3 is 0 Å². The summed E-state index contributed by atoms with van der Waals surface area (Å²) < 4.78 is 0. The Morgan fingerprint density at radius 2 is 2.14 bits per heavy atom. The van der Waals surface area contributed by atoms with Crippen LogP contribution in [0, 0.1) is 11.8 Å². The molecule has 2 nitrogen and oxygen atoms in total. The van der Waals surface area contributed by atoms with Crippen LogP contribution in [0.15, 0.2) is 18.2 Å². The van der Waals surface area contributed by atoms with Crippen LogP contribution in [0.5, 0.6) is 5.75 Å². The van der Waals surface area contributed by atoms with E-state index in [0.29, 0.717) is 5.56 Å². The first-order valence-electron chi connectivity index (χ1n) is 4.59. The zero-order valence-corrected chi connectivity index (χ0v) is 8.25. The minimum absolute atomic E-state index is 0.126. The van der Waals surface area contributed by atoms with Gasteiger partial charge in [0.2, 0.25) is 0 Å². The lowest BCUT2D eigenvalue weighted by atomic mass is 10.1. The topological polar surface area (TPSA) is 40.5 Å². The van der Waals surface area contributed by atoms with Gasteiger partial charge in [0.15, 0.2) is 0 Å². The maximum atomic E-state index is 9.32. The summed E-state index contributed by atoms with van der Waals surface area (Å²) in [6.07, 6.45) is 1.67. The highest BCUT2D eigenvalue weighted by molar-refractivity contribution is 5.35. The van der Waals surface area contributed by atoms with Crippen LogP contribution in [-0.2, 0) is 13.0 Å². The van der Waals surface area contributed by atoms with Crippen LogP contribution in [0.25, 0.3) is 0 Å². The number of hydrogen-bond donors (Lipinski definition) is 2. The van der Waals surface area contributed by atoms with Crippen LogP contribution in [0.2, 0.25) is 0 Å². The molecule has 1 aromatic rings. The lowest BCUT2D eigenvalue weighted by Crippen LogP contribution is -1.89. The smallest absolute Gasteiger partial charge is 0.121 e. The Balaban J connectivity index is 2.72. The van der Waals surface area contributed by atoms with Gasteiger partial charge in [0.25, 0.3) is 0 Å². The second-order valence-electron chi connectivity index (χ2n) is 3.05. The van der Waals surface area contributed by atoms with Crippen LogP contribution in [0.4, 0.5) is 0 Å². The Hall–Kier alpha value is -1.46. The number of rotatable bonds is 3. The van der Waals surface area contributed by atoms with E-state index in [1.54, 1.807) is 6.07 Å².